The Bertz CT molecular complexity index is 546. The third-order valence-electron chi connectivity index (χ3n) is 2.99. The van der Waals surface area contributed by atoms with Crippen molar-refractivity contribution in [2.75, 3.05) is 38.7 Å². The molecule has 0 unspecified atom stereocenters. The summed E-state index contributed by atoms with van der Waals surface area (Å²) in [5.41, 5.74) is 5.36. The van der Waals surface area contributed by atoms with Crippen LogP contribution in [0.2, 0.25) is 0 Å². The first-order valence-corrected chi connectivity index (χ1v) is 6.79. The van der Waals surface area contributed by atoms with Gasteiger partial charge in [0.05, 0.1) is 13.7 Å². The smallest absolute Gasteiger partial charge is 0.133 e. The average Bonchev–Trinajstić information content (AvgIpc) is 2.50. The first kappa shape index (κ1) is 14.6. The highest BCUT2D eigenvalue weighted by atomic mass is 16.5. The van der Waals surface area contributed by atoms with E-state index in [-0.39, 0.29) is 0 Å². The fourth-order valence-corrected chi connectivity index (χ4v) is 1.98. The molecule has 0 aliphatic carbocycles. The Labute approximate surface area is 119 Å². The summed E-state index contributed by atoms with van der Waals surface area (Å²) in [5.74, 6) is 1.71. The Morgan fingerprint density at radius 2 is 2.15 bits per heavy atom. The van der Waals surface area contributed by atoms with Gasteiger partial charge in [-0.3, -0.25) is 0 Å². The topological polar surface area (TPSA) is 69.4 Å². The van der Waals surface area contributed by atoms with Crippen LogP contribution in [0.3, 0.4) is 0 Å². The first-order valence-electron chi connectivity index (χ1n) is 6.79. The lowest BCUT2D eigenvalue weighted by atomic mass is 10.1. The molecular weight excluding hydrogens is 254 g/mol. The number of anilines is 1. The largest absolute Gasteiger partial charge is 0.497 e. The van der Waals surface area contributed by atoms with Crippen LogP contribution in [0.4, 0.5) is 5.82 Å². The zero-order valence-electron chi connectivity index (χ0n) is 11.8. The third-order valence-corrected chi connectivity index (χ3v) is 2.99. The number of nitrogens with two attached hydrogens (primary N) is 1. The van der Waals surface area contributed by atoms with Crippen molar-refractivity contribution in [3.05, 3.63) is 30.5 Å². The maximum Gasteiger partial charge on any atom is 0.133 e. The standard InChI is InChI=1S/C15H21N3O2/c1-19-13-4-3-12-5-8-18-15(14(12)11-13)17-7-2-9-20-10-6-16/h3-5,8,11H,2,6-7,9-10,16H2,1H3,(H,17,18). The van der Waals surface area contributed by atoms with E-state index in [4.69, 9.17) is 15.2 Å². The van der Waals surface area contributed by atoms with Gasteiger partial charge in [-0.2, -0.15) is 0 Å². The molecule has 0 radical (unpaired) electrons. The van der Waals surface area contributed by atoms with Crippen molar-refractivity contribution in [2.45, 2.75) is 6.42 Å². The molecule has 3 N–H and O–H groups in total. The molecule has 0 aliphatic heterocycles. The summed E-state index contributed by atoms with van der Waals surface area (Å²) in [6, 6.07) is 7.97. The predicted molar refractivity (Wildman–Crippen MR) is 81.3 cm³/mol. The monoisotopic (exact) mass is 275 g/mol. The molecule has 0 saturated heterocycles. The van der Waals surface area contributed by atoms with Crippen molar-refractivity contribution in [3.63, 3.8) is 0 Å². The maximum atomic E-state index is 5.36. The van der Waals surface area contributed by atoms with E-state index in [2.05, 4.69) is 10.3 Å². The second-order valence-corrected chi connectivity index (χ2v) is 4.43. The van der Waals surface area contributed by atoms with Gasteiger partial charge in [0.2, 0.25) is 0 Å². The molecule has 0 atom stereocenters. The molecule has 1 aromatic carbocycles. The van der Waals surface area contributed by atoms with Gasteiger partial charge in [-0.05, 0) is 30.0 Å². The van der Waals surface area contributed by atoms with Crippen LogP contribution in [0.15, 0.2) is 30.5 Å². The molecule has 2 rings (SSSR count). The molecule has 0 saturated carbocycles. The normalized spacial score (nSPS) is 10.7. The number of fused-ring (bicyclic) bond motifs is 1. The number of hydrogen-bond acceptors (Lipinski definition) is 5. The summed E-state index contributed by atoms with van der Waals surface area (Å²) in [5, 5.41) is 5.54. The summed E-state index contributed by atoms with van der Waals surface area (Å²) in [6.45, 7) is 2.70. The van der Waals surface area contributed by atoms with E-state index in [0.717, 1.165) is 35.3 Å². The van der Waals surface area contributed by atoms with Crippen LogP contribution in [0, 0.1) is 0 Å². The van der Waals surface area contributed by atoms with Gasteiger partial charge in [0, 0.05) is 31.3 Å². The van der Waals surface area contributed by atoms with Crippen LogP contribution in [0.1, 0.15) is 6.42 Å². The number of hydrogen-bond donors (Lipinski definition) is 2. The minimum Gasteiger partial charge on any atom is -0.497 e. The molecule has 2 aromatic rings. The average molecular weight is 275 g/mol. The first-order chi connectivity index (χ1) is 9.85. The molecule has 5 nitrogen and oxygen atoms in total. The lowest BCUT2D eigenvalue weighted by Crippen LogP contribution is -2.11. The van der Waals surface area contributed by atoms with E-state index in [1.54, 1.807) is 7.11 Å². The van der Waals surface area contributed by atoms with Crippen molar-refractivity contribution in [1.82, 2.24) is 4.98 Å². The van der Waals surface area contributed by atoms with Crippen molar-refractivity contribution in [3.8, 4) is 5.75 Å². The van der Waals surface area contributed by atoms with Crippen LogP contribution in [-0.4, -0.2) is 38.4 Å². The Morgan fingerprint density at radius 1 is 1.25 bits per heavy atom. The quantitative estimate of drug-likeness (QED) is 0.721. The lowest BCUT2D eigenvalue weighted by molar-refractivity contribution is 0.141. The predicted octanol–water partition coefficient (Wildman–Crippen LogP) is 2.02. The molecule has 1 heterocycles. The van der Waals surface area contributed by atoms with Gasteiger partial charge >= 0.3 is 0 Å². The third kappa shape index (κ3) is 3.82. The fraction of sp³-hybridized carbons (Fsp3) is 0.400. The highest BCUT2D eigenvalue weighted by Gasteiger charge is 2.03. The SMILES string of the molecule is COc1ccc2ccnc(NCCCOCCN)c2c1. The maximum absolute atomic E-state index is 5.36. The summed E-state index contributed by atoms with van der Waals surface area (Å²) >= 11 is 0. The second kappa shape index (κ2) is 7.67. The van der Waals surface area contributed by atoms with Crippen LogP contribution in [-0.2, 0) is 4.74 Å². The molecule has 1 aromatic heterocycles. The number of aromatic nitrogens is 1. The Morgan fingerprint density at radius 3 is 2.95 bits per heavy atom. The van der Waals surface area contributed by atoms with Crippen molar-refractivity contribution >= 4 is 16.6 Å². The van der Waals surface area contributed by atoms with Gasteiger partial charge in [0.25, 0.3) is 0 Å². The number of pyridine rings is 1. The highest BCUT2D eigenvalue weighted by Crippen LogP contribution is 2.25. The molecule has 20 heavy (non-hydrogen) atoms. The number of methoxy groups -OCH3 is 1. The molecule has 5 heteroatoms. The van der Waals surface area contributed by atoms with E-state index in [1.807, 2.05) is 30.5 Å². The van der Waals surface area contributed by atoms with E-state index in [0.29, 0.717) is 19.8 Å². The molecule has 0 aliphatic rings. The number of nitrogens with zero attached hydrogens (tertiary/aromatic N) is 1. The van der Waals surface area contributed by atoms with Gasteiger partial charge in [-0.1, -0.05) is 6.07 Å². The zero-order chi connectivity index (χ0) is 14.2. The Hall–Kier alpha value is -1.85. The van der Waals surface area contributed by atoms with Gasteiger partial charge in [-0.25, -0.2) is 4.98 Å². The van der Waals surface area contributed by atoms with Gasteiger partial charge in [-0.15, -0.1) is 0 Å². The summed E-state index contributed by atoms with van der Waals surface area (Å²) in [6.07, 6.45) is 2.73. The molecule has 108 valence electrons. The van der Waals surface area contributed by atoms with Crippen LogP contribution >= 0.6 is 0 Å². The van der Waals surface area contributed by atoms with Gasteiger partial charge in [0.15, 0.2) is 0 Å². The summed E-state index contributed by atoms with van der Waals surface area (Å²) in [7, 11) is 1.67. The van der Waals surface area contributed by atoms with Crippen molar-refractivity contribution in [1.29, 1.82) is 0 Å². The summed E-state index contributed by atoms with van der Waals surface area (Å²) in [4.78, 5) is 4.39. The molecule has 0 fully saturated rings. The van der Waals surface area contributed by atoms with E-state index in [1.165, 1.54) is 0 Å². The van der Waals surface area contributed by atoms with Crippen LogP contribution < -0.4 is 15.8 Å². The number of nitrogens with one attached hydrogen (secondary N) is 1. The molecule has 0 spiro atoms. The van der Waals surface area contributed by atoms with E-state index < -0.39 is 0 Å². The van der Waals surface area contributed by atoms with E-state index in [9.17, 15) is 0 Å². The van der Waals surface area contributed by atoms with Gasteiger partial charge in [0.1, 0.15) is 11.6 Å². The van der Waals surface area contributed by atoms with Crippen molar-refractivity contribution < 1.29 is 9.47 Å². The molecular formula is C15H21N3O2. The minimum absolute atomic E-state index is 0.568. The van der Waals surface area contributed by atoms with Crippen LogP contribution in [0.25, 0.3) is 10.8 Å². The molecule has 0 bridgehead atoms. The second-order valence-electron chi connectivity index (χ2n) is 4.43. The number of ether oxygens (including phenoxy) is 2. The zero-order valence-corrected chi connectivity index (χ0v) is 11.8. The van der Waals surface area contributed by atoms with E-state index >= 15 is 0 Å². The Balaban J connectivity index is 1.98. The van der Waals surface area contributed by atoms with Gasteiger partial charge < -0.3 is 20.5 Å². The fourth-order valence-electron chi connectivity index (χ4n) is 1.98. The number of benzene rings is 1. The van der Waals surface area contributed by atoms with Crippen molar-refractivity contribution in [2.24, 2.45) is 5.73 Å². The highest BCUT2D eigenvalue weighted by molar-refractivity contribution is 5.92. The lowest BCUT2D eigenvalue weighted by Gasteiger charge is -2.10. The minimum atomic E-state index is 0.568. The Kier molecular flexibility index (Phi) is 5.58. The number of rotatable bonds is 8. The summed E-state index contributed by atoms with van der Waals surface area (Å²) < 4.78 is 10.6. The van der Waals surface area contributed by atoms with Crippen LogP contribution in [0.5, 0.6) is 5.75 Å². The molecule has 0 amide bonds.